The number of unbranched alkanes of at least 4 members (excludes halogenated alkanes) is 9. The van der Waals surface area contributed by atoms with E-state index in [1.807, 2.05) is 0 Å². The predicted molar refractivity (Wildman–Crippen MR) is 103 cm³/mol. The topological polar surface area (TPSA) is 77.8 Å². The van der Waals surface area contributed by atoms with Crippen LogP contribution in [0.25, 0.3) is 0 Å². The average molecular weight is 368 g/mol. The second-order valence-electron chi connectivity index (χ2n) is 5.93. The quantitative estimate of drug-likeness (QED) is 0.304. The summed E-state index contributed by atoms with van der Waals surface area (Å²) in [5.74, 6) is 0. The first-order chi connectivity index (χ1) is 10.9. The molecule has 1 aromatic rings. The van der Waals surface area contributed by atoms with Crippen LogP contribution in [0, 0.1) is 0 Å². The second-order valence-corrected chi connectivity index (χ2v) is 6.96. The molecule has 24 heavy (non-hydrogen) atoms. The molecule has 4 nitrogen and oxygen atoms in total. The fourth-order valence-electron chi connectivity index (χ4n) is 2.46. The summed E-state index contributed by atoms with van der Waals surface area (Å²) in [5.41, 5.74) is 1.50. The van der Waals surface area contributed by atoms with Crippen molar-refractivity contribution in [2.75, 3.05) is 0 Å². The molecular weight excluding hydrogens is 334 g/mol. The molecule has 0 atom stereocenters. The van der Waals surface area contributed by atoms with Crippen molar-refractivity contribution in [1.29, 1.82) is 0 Å². The Morgan fingerprint density at radius 2 is 1.12 bits per heavy atom. The van der Waals surface area contributed by atoms with Gasteiger partial charge in [0.15, 0.2) is 0 Å². The van der Waals surface area contributed by atoms with E-state index in [-0.39, 0.29) is 29.6 Å². The van der Waals surface area contributed by atoms with Gasteiger partial charge in [0, 0.05) is 0 Å². The maximum absolute atomic E-state index is 8.88. The zero-order valence-corrected chi connectivity index (χ0v) is 15.3. The number of rotatable bonds is 11. The monoisotopic (exact) mass is 368 g/mol. The summed E-state index contributed by atoms with van der Waals surface area (Å²) in [4.78, 5) is 21.6. The SMILES string of the molecule is CCCCCCCCCCCCc1ccccc1.O=P(O)(O)O.[NaH]. The van der Waals surface area contributed by atoms with Crippen LogP contribution in [0.15, 0.2) is 30.3 Å². The van der Waals surface area contributed by atoms with Gasteiger partial charge in [0.25, 0.3) is 0 Å². The van der Waals surface area contributed by atoms with E-state index in [4.69, 9.17) is 19.2 Å². The minimum atomic E-state index is -4.64. The van der Waals surface area contributed by atoms with Crippen LogP contribution in [0.3, 0.4) is 0 Å². The van der Waals surface area contributed by atoms with Crippen molar-refractivity contribution in [2.45, 2.75) is 77.6 Å². The van der Waals surface area contributed by atoms with E-state index < -0.39 is 7.82 Å². The summed E-state index contributed by atoms with van der Waals surface area (Å²) in [5, 5.41) is 0. The molecule has 0 radical (unpaired) electrons. The van der Waals surface area contributed by atoms with E-state index >= 15 is 0 Å². The Morgan fingerprint density at radius 3 is 1.54 bits per heavy atom. The molecule has 0 heterocycles. The van der Waals surface area contributed by atoms with E-state index in [2.05, 4.69) is 37.3 Å². The van der Waals surface area contributed by atoms with E-state index in [0.29, 0.717) is 0 Å². The van der Waals surface area contributed by atoms with Crippen molar-refractivity contribution in [2.24, 2.45) is 0 Å². The molecule has 0 saturated heterocycles. The van der Waals surface area contributed by atoms with Crippen molar-refractivity contribution in [1.82, 2.24) is 0 Å². The standard InChI is InChI=1S/C18H30.Na.H3O4P.H/c1-2-3-4-5-6-7-8-9-10-12-15-18-16-13-11-14-17-18;;1-5(2,3)4;/h11,13-14,16-17H,2-10,12,15H2,1H3;;(H3,1,2,3,4);. The summed E-state index contributed by atoms with van der Waals surface area (Å²) >= 11 is 0. The summed E-state index contributed by atoms with van der Waals surface area (Å²) < 4.78 is 8.88. The van der Waals surface area contributed by atoms with E-state index in [1.54, 1.807) is 0 Å². The molecule has 0 spiro atoms. The Bertz CT molecular complexity index is 400. The maximum atomic E-state index is 8.88. The normalized spacial score (nSPS) is 10.5. The van der Waals surface area contributed by atoms with Gasteiger partial charge >= 0.3 is 37.4 Å². The van der Waals surface area contributed by atoms with Gasteiger partial charge in [-0.3, -0.25) is 0 Å². The third-order valence-corrected chi connectivity index (χ3v) is 3.66. The minimum absolute atomic E-state index is 0. The number of phosphoric acid groups is 1. The molecular formula is C18H34NaO4P. The molecule has 0 unspecified atom stereocenters. The molecule has 0 bridgehead atoms. The van der Waals surface area contributed by atoms with Gasteiger partial charge in [0.2, 0.25) is 0 Å². The predicted octanol–water partition coefficient (Wildman–Crippen LogP) is 4.57. The Morgan fingerprint density at radius 1 is 0.750 bits per heavy atom. The molecule has 0 aliphatic carbocycles. The van der Waals surface area contributed by atoms with Crippen LogP contribution in [-0.4, -0.2) is 44.2 Å². The third kappa shape index (κ3) is 24.6. The first-order valence-electron chi connectivity index (χ1n) is 8.75. The molecule has 0 amide bonds. The van der Waals surface area contributed by atoms with Crippen LogP contribution in [0.1, 0.15) is 76.7 Å². The van der Waals surface area contributed by atoms with Gasteiger partial charge in [-0.2, -0.15) is 0 Å². The van der Waals surface area contributed by atoms with Gasteiger partial charge in [-0.1, -0.05) is 95.0 Å². The number of aryl methyl sites for hydroxylation is 1. The molecule has 0 aliphatic rings. The van der Waals surface area contributed by atoms with Gasteiger partial charge in [-0.25, -0.2) is 4.57 Å². The number of benzene rings is 1. The van der Waals surface area contributed by atoms with Crippen LogP contribution in [0.2, 0.25) is 0 Å². The van der Waals surface area contributed by atoms with Gasteiger partial charge in [0.1, 0.15) is 0 Å². The van der Waals surface area contributed by atoms with Crippen LogP contribution >= 0.6 is 7.82 Å². The van der Waals surface area contributed by atoms with E-state index in [0.717, 1.165) is 0 Å². The number of hydrogen-bond acceptors (Lipinski definition) is 1. The fourth-order valence-corrected chi connectivity index (χ4v) is 2.46. The van der Waals surface area contributed by atoms with Gasteiger partial charge < -0.3 is 14.7 Å². The Labute approximate surface area is 169 Å². The Hall–Kier alpha value is 0.330. The first-order valence-corrected chi connectivity index (χ1v) is 10.3. The van der Waals surface area contributed by atoms with Crippen molar-refractivity contribution >= 4 is 37.4 Å². The van der Waals surface area contributed by atoms with Crippen molar-refractivity contribution < 1.29 is 19.2 Å². The summed E-state index contributed by atoms with van der Waals surface area (Å²) in [6.07, 6.45) is 15.5. The summed E-state index contributed by atoms with van der Waals surface area (Å²) in [6.45, 7) is 2.28. The van der Waals surface area contributed by atoms with Crippen molar-refractivity contribution in [3.63, 3.8) is 0 Å². The molecule has 1 aromatic carbocycles. The number of hydrogen-bond donors (Lipinski definition) is 3. The zero-order valence-electron chi connectivity index (χ0n) is 14.4. The third-order valence-electron chi connectivity index (χ3n) is 3.66. The first kappa shape index (κ1) is 26.6. The Balaban J connectivity index is 0. The van der Waals surface area contributed by atoms with E-state index in [9.17, 15) is 0 Å². The van der Waals surface area contributed by atoms with Crippen LogP contribution < -0.4 is 0 Å². The van der Waals surface area contributed by atoms with Crippen LogP contribution in [0.5, 0.6) is 0 Å². The van der Waals surface area contributed by atoms with E-state index in [1.165, 1.54) is 76.2 Å². The van der Waals surface area contributed by atoms with Gasteiger partial charge in [-0.15, -0.1) is 0 Å². The van der Waals surface area contributed by atoms with Gasteiger partial charge in [-0.05, 0) is 18.4 Å². The second kappa shape index (κ2) is 18.1. The molecule has 3 N–H and O–H groups in total. The van der Waals surface area contributed by atoms with Crippen molar-refractivity contribution in [3.8, 4) is 0 Å². The fraction of sp³-hybridized carbons (Fsp3) is 0.667. The molecule has 1 rings (SSSR count). The average Bonchev–Trinajstić information content (AvgIpc) is 2.48. The zero-order chi connectivity index (χ0) is 17.4. The molecule has 0 aliphatic heterocycles. The molecule has 0 saturated carbocycles. The van der Waals surface area contributed by atoms with Gasteiger partial charge in [0.05, 0.1) is 0 Å². The molecule has 136 valence electrons. The molecule has 6 heteroatoms. The summed E-state index contributed by atoms with van der Waals surface area (Å²) in [6, 6.07) is 10.9. The molecule has 0 aromatic heterocycles. The summed E-state index contributed by atoms with van der Waals surface area (Å²) in [7, 11) is -4.64. The van der Waals surface area contributed by atoms with Crippen LogP contribution in [0.4, 0.5) is 0 Å². The van der Waals surface area contributed by atoms with Crippen molar-refractivity contribution in [3.05, 3.63) is 35.9 Å². The Kier molecular flexibility index (Phi) is 20.1. The molecule has 0 fully saturated rings. The van der Waals surface area contributed by atoms with Crippen LogP contribution in [-0.2, 0) is 11.0 Å².